The number of nitrogens with zero attached hydrogens (tertiary/aromatic N) is 2. The van der Waals surface area contributed by atoms with Crippen molar-refractivity contribution in [1.29, 1.82) is 0 Å². The molecule has 1 aromatic carbocycles. The maximum atomic E-state index is 12.6. The zero-order valence-electron chi connectivity index (χ0n) is 16.2. The highest BCUT2D eigenvalue weighted by atomic mass is 16.5. The number of carbonyl (C=O) groups excluding carboxylic acids is 1. The van der Waals surface area contributed by atoms with Gasteiger partial charge in [-0.1, -0.05) is 18.2 Å². The fourth-order valence-corrected chi connectivity index (χ4v) is 4.70. The molecule has 0 aromatic heterocycles. The van der Waals surface area contributed by atoms with Crippen LogP contribution in [0.4, 0.5) is 0 Å². The van der Waals surface area contributed by atoms with Gasteiger partial charge in [0.25, 0.3) is 0 Å². The number of rotatable bonds is 3. The molecule has 1 saturated carbocycles. The van der Waals surface area contributed by atoms with Crippen molar-refractivity contribution in [2.45, 2.75) is 43.9 Å². The molecule has 0 atom stereocenters. The minimum Gasteiger partial charge on any atom is -0.485 e. The highest BCUT2D eigenvalue weighted by molar-refractivity contribution is 5.77. The third-order valence-corrected chi connectivity index (χ3v) is 6.19. The summed E-state index contributed by atoms with van der Waals surface area (Å²) < 4.78 is 17.2. The van der Waals surface area contributed by atoms with Gasteiger partial charge >= 0.3 is 0 Å². The molecule has 1 saturated heterocycles. The molecular formula is C21H30N2O4. The Bertz CT molecular complexity index is 651. The molecule has 2 fully saturated rings. The number of para-hydroxylation sites is 1. The lowest BCUT2D eigenvalue weighted by Gasteiger charge is -2.45. The zero-order valence-corrected chi connectivity index (χ0v) is 16.2. The predicted molar refractivity (Wildman–Crippen MR) is 102 cm³/mol. The number of hydrogen-bond donors (Lipinski definition) is 0. The van der Waals surface area contributed by atoms with Crippen molar-refractivity contribution in [2.24, 2.45) is 0 Å². The number of carbonyl (C=O) groups is 1. The van der Waals surface area contributed by atoms with E-state index >= 15 is 0 Å². The first-order chi connectivity index (χ1) is 13.2. The van der Waals surface area contributed by atoms with E-state index in [4.69, 9.17) is 14.2 Å². The van der Waals surface area contributed by atoms with E-state index in [-0.39, 0.29) is 18.1 Å². The summed E-state index contributed by atoms with van der Waals surface area (Å²) in [5.74, 6) is 0.961. The highest BCUT2D eigenvalue weighted by Gasteiger charge is 2.43. The summed E-state index contributed by atoms with van der Waals surface area (Å²) in [4.78, 5) is 17.1. The molecule has 0 unspecified atom stereocenters. The minimum absolute atomic E-state index is 0.0347. The molecule has 1 amide bonds. The van der Waals surface area contributed by atoms with Crippen LogP contribution in [0.1, 0.15) is 31.2 Å². The number of benzene rings is 1. The van der Waals surface area contributed by atoms with Crippen molar-refractivity contribution >= 4 is 5.91 Å². The van der Waals surface area contributed by atoms with Gasteiger partial charge in [-0.15, -0.1) is 0 Å². The zero-order chi connectivity index (χ0) is 18.7. The second kappa shape index (κ2) is 8.17. The number of fused-ring (bicyclic) bond motifs is 1. The lowest BCUT2D eigenvalue weighted by Crippen LogP contribution is -2.54. The Hall–Kier alpha value is -1.63. The van der Waals surface area contributed by atoms with Crippen molar-refractivity contribution in [3.63, 3.8) is 0 Å². The minimum atomic E-state index is -0.293. The van der Waals surface area contributed by atoms with Gasteiger partial charge in [0.1, 0.15) is 18.0 Å². The molecule has 3 aliphatic rings. The molecule has 2 heterocycles. The Balaban J connectivity index is 1.51. The van der Waals surface area contributed by atoms with Crippen molar-refractivity contribution in [3.8, 4) is 5.75 Å². The van der Waals surface area contributed by atoms with E-state index in [1.807, 2.05) is 23.1 Å². The van der Waals surface area contributed by atoms with E-state index < -0.39 is 0 Å². The second-order valence-electron chi connectivity index (χ2n) is 7.96. The van der Waals surface area contributed by atoms with Gasteiger partial charge in [-0.2, -0.15) is 0 Å². The number of amides is 1. The van der Waals surface area contributed by atoms with Crippen LogP contribution in [-0.4, -0.2) is 73.9 Å². The first-order valence-corrected chi connectivity index (χ1v) is 10.0. The summed E-state index contributed by atoms with van der Waals surface area (Å²) in [6.45, 7) is 5.08. The fourth-order valence-electron chi connectivity index (χ4n) is 4.70. The summed E-state index contributed by atoms with van der Waals surface area (Å²) in [7, 11) is 1.57. The standard InChI is InChI=1S/C21H30N2O4/c1-25-15-20(24)23-14-17-4-2-3-5-19(17)27-21(16-23)8-6-18(7-9-21)22-10-12-26-13-11-22/h2-5,18H,6-16H2,1H3. The summed E-state index contributed by atoms with van der Waals surface area (Å²) >= 11 is 0. The van der Waals surface area contributed by atoms with Gasteiger partial charge in [0, 0.05) is 38.3 Å². The van der Waals surface area contributed by atoms with Crippen LogP contribution in [0.3, 0.4) is 0 Å². The smallest absolute Gasteiger partial charge is 0.248 e. The summed E-state index contributed by atoms with van der Waals surface area (Å²) in [6, 6.07) is 8.72. The average Bonchev–Trinajstić information content (AvgIpc) is 2.86. The van der Waals surface area contributed by atoms with Gasteiger partial charge in [0.2, 0.25) is 5.91 Å². The lowest BCUT2D eigenvalue weighted by atomic mass is 9.80. The van der Waals surface area contributed by atoms with Crippen molar-refractivity contribution < 1.29 is 19.0 Å². The number of ether oxygens (including phenoxy) is 3. The van der Waals surface area contributed by atoms with Crippen molar-refractivity contribution in [3.05, 3.63) is 29.8 Å². The number of methoxy groups -OCH3 is 1. The van der Waals surface area contributed by atoms with Crippen LogP contribution in [0, 0.1) is 0 Å². The molecule has 0 bridgehead atoms. The molecule has 0 N–H and O–H groups in total. The molecule has 6 heteroatoms. The summed E-state index contributed by atoms with van der Waals surface area (Å²) in [5, 5.41) is 0. The fraction of sp³-hybridized carbons (Fsp3) is 0.667. The molecule has 2 aliphatic heterocycles. The van der Waals surface area contributed by atoms with E-state index in [0.29, 0.717) is 19.1 Å². The van der Waals surface area contributed by atoms with Crippen molar-refractivity contribution in [2.75, 3.05) is 46.6 Å². The van der Waals surface area contributed by atoms with E-state index in [9.17, 15) is 4.79 Å². The van der Waals surface area contributed by atoms with Gasteiger partial charge in [0.15, 0.2) is 0 Å². The number of morpholine rings is 1. The van der Waals surface area contributed by atoms with Gasteiger partial charge < -0.3 is 19.1 Å². The van der Waals surface area contributed by atoms with Crippen LogP contribution >= 0.6 is 0 Å². The molecule has 1 aromatic rings. The molecule has 1 spiro atoms. The van der Waals surface area contributed by atoms with Crippen LogP contribution in [0.25, 0.3) is 0 Å². The van der Waals surface area contributed by atoms with E-state index in [2.05, 4.69) is 11.0 Å². The molecular weight excluding hydrogens is 344 g/mol. The topological polar surface area (TPSA) is 51.2 Å². The van der Waals surface area contributed by atoms with Crippen LogP contribution in [-0.2, 0) is 20.8 Å². The predicted octanol–water partition coefficient (Wildman–Crippen LogP) is 2.07. The van der Waals surface area contributed by atoms with Crippen LogP contribution in [0.5, 0.6) is 5.75 Å². The number of hydrogen-bond acceptors (Lipinski definition) is 5. The van der Waals surface area contributed by atoms with Crippen LogP contribution in [0.2, 0.25) is 0 Å². The van der Waals surface area contributed by atoms with E-state index in [0.717, 1.165) is 63.3 Å². The lowest BCUT2D eigenvalue weighted by molar-refractivity contribution is -0.139. The molecule has 0 radical (unpaired) electrons. The molecule has 27 heavy (non-hydrogen) atoms. The normalized spacial score (nSPS) is 29.1. The van der Waals surface area contributed by atoms with Crippen molar-refractivity contribution in [1.82, 2.24) is 9.80 Å². The van der Waals surface area contributed by atoms with Gasteiger partial charge in [-0.3, -0.25) is 9.69 Å². The molecule has 6 nitrogen and oxygen atoms in total. The average molecular weight is 374 g/mol. The third kappa shape index (κ3) is 4.13. The second-order valence-corrected chi connectivity index (χ2v) is 7.96. The van der Waals surface area contributed by atoms with Gasteiger partial charge in [-0.05, 0) is 31.7 Å². The SMILES string of the molecule is COCC(=O)N1Cc2ccccc2OC2(CCC(N3CCOCC3)CC2)C1. The molecule has 4 rings (SSSR count). The van der Waals surface area contributed by atoms with E-state index in [1.165, 1.54) is 0 Å². The quantitative estimate of drug-likeness (QED) is 0.811. The Morgan fingerprint density at radius 3 is 2.70 bits per heavy atom. The van der Waals surface area contributed by atoms with Gasteiger partial charge in [-0.25, -0.2) is 0 Å². The Labute approximate surface area is 161 Å². The van der Waals surface area contributed by atoms with Crippen LogP contribution in [0.15, 0.2) is 24.3 Å². The first-order valence-electron chi connectivity index (χ1n) is 10.0. The Morgan fingerprint density at radius 2 is 1.96 bits per heavy atom. The first kappa shape index (κ1) is 18.7. The monoisotopic (exact) mass is 374 g/mol. The maximum Gasteiger partial charge on any atom is 0.248 e. The maximum absolute atomic E-state index is 12.6. The van der Waals surface area contributed by atoms with E-state index in [1.54, 1.807) is 7.11 Å². The highest BCUT2D eigenvalue weighted by Crippen LogP contribution is 2.39. The van der Waals surface area contributed by atoms with Crippen LogP contribution < -0.4 is 4.74 Å². The molecule has 1 aliphatic carbocycles. The third-order valence-electron chi connectivity index (χ3n) is 6.19. The largest absolute Gasteiger partial charge is 0.485 e. The summed E-state index contributed by atoms with van der Waals surface area (Å²) in [5.41, 5.74) is 0.785. The van der Waals surface area contributed by atoms with Gasteiger partial charge in [0.05, 0.1) is 19.8 Å². The Kier molecular flexibility index (Phi) is 5.66. The summed E-state index contributed by atoms with van der Waals surface area (Å²) in [6.07, 6.45) is 4.16. The molecule has 148 valence electrons. The Morgan fingerprint density at radius 1 is 1.22 bits per heavy atom.